The van der Waals surface area contributed by atoms with E-state index in [0.29, 0.717) is 6.04 Å². The van der Waals surface area contributed by atoms with Crippen molar-refractivity contribution in [3.8, 4) is 0 Å². The Labute approximate surface area is 109 Å². The van der Waals surface area contributed by atoms with E-state index in [4.69, 9.17) is 0 Å². The van der Waals surface area contributed by atoms with Gasteiger partial charge in [-0.15, -0.1) is 0 Å². The fraction of sp³-hybridized carbons (Fsp3) is 0.533. The van der Waals surface area contributed by atoms with Crippen molar-refractivity contribution in [2.24, 2.45) is 5.92 Å². The average molecular weight is 246 g/mol. The zero-order valence-electron chi connectivity index (χ0n) is 11.2. The molecule has 2 rings (SSSR count). The van der Waals surface area contributed by atoms with Gasteiger partial charge in [0, 0.05) is 17.6 Å². The van der Waals surface area contributed by atoms with E-state index in [-0.39, 0.29) is 11.8 Å². The molecule has 1 aromatic carbocycles. The summed E-state index contributed by atoms with van der Waals surface area (Å²) >= 11 is 0. The van der Waals surface area contributed by atoms with E-state index in [1.165, 1.54) is 5.56 Å². The number of carbonyl (C=O) groups excluding carboxylic acids is 1. The number of hydrogen-bond donors (Lipinski definition) is 2. The smallest absolute Gasteiger partial charge is 0.227 e. The first kappa shape index (κ1) is 13.1. The Kier molecular flexibility index (Phi) is 4.37. The Balaban J connectivity index is 1.89. The molecule has 0 aromatic heterocycles. The molecule has 0 spiro atoms. The van der Waals surface area contributed by atoms with Crippen LogP contribution in [-0.4, -0.2) is 12.5 Å². The fourth-order valence-corrected chi connectivity index (χ4v) is 1.92. The maximum atomic E-state index is 11.6. The van der Waals surface area contributed by atoms with Crippen molar-refractivity contribution in [2.45, 2.75) is 39.2 Å². The Hall–Kier alpha value is -1.35. The average Bonchev–Trinajstić information content (AvgIpc) is 3.21. The van der Waals surface area contributed by atoms with Crippen LogP contribution in [0.3, 0.4) is 0 Å². The van der Waals surface area contributed by atoms with Crippen molar-refractivity contribution in [3.63, 3.8) is 0 Å². The van der Waals surface area contributed by atoms with Crippen molar-refractivity contribution in [2.75, 3.05) is 11.9 Å². The van der Waals surface area contributed by atoms with Gasteiger partial charge >= 0.3 is 0 Å². The van der Waals surface area contributed by atoms with Crippen LogP contribution in [0.15, 0.2) is 24.3 Å². The van der Waals surface area contributed by atoms with Crippen LogP contribution in [0.2, 0.25) is 0 Å². The number of hydrogen-bond acceptors (Lipinski definition) is 2. The summed E-state index contributed by atoms with van der Waals surface area (Å²) in [6.45, 7) is 5.35. The van der Waals surface area contributed by atoms with Gasteiger partial charge in [-0.05, 0) is 50.4 Å². The summed E-state index contributed by atoms with van der Waals surface area (Å²) in [5, 5.41) is 6.40. The Morgan fingerprint density at radius 3 is 2.56 bits per heavy atom. The van der Waals surface area contributed by atoms with Gasteiger partial charge in [0.1, 0.15) is 0 Å². The van der Waals surface area contributed by atoms with Crippen LogP contribution >= 0.6 is 0 Å². The summed E-state index contributed by atoms with van der Waals surface area (Å²) in [7, 11) is 0. The first-order valence-corrected chi connectivity index (χ1v) is 6.85. The van der Waals surface area contributed by atoms with Gasteiger partial charge in [0.2, 0.25) is 5.91 Å². The molecule has 1 atom stereocenters. The molecule has 0 bridgehead atoms. The predicted octanol–water partition coefficient (Wildman–Crippen LogP) is 3.10. The van der Waals surface area contributed by atoms with Crippen molar-refractivity contribution < 1.29 is 4.79 Å². The topological polar surface area (TPSA) is 41.1 Å². The molecule has 1 aliphatic rings. The molecule has 0 radical (unpaired) electrons. The summed E-state index contributed by atoms with van der Waals surface area (Å²) in [6.07, 6.45) is 3.23. The zero-order chi connectivity index (χ0) is 13.0. The molecule has 98 valence electrons. The van der Waals surface area contributed by atoms with Gasteiger partial charge in [0.15, 0.2) is 0 Å². The van der Waals surface area contributed by atoms with Gasteiger partial charge in [0.05, 0.1) is 0 Å². The number of amides is 1. The lowest BCUT2D eigenvalue weighted by Crippen LogP contribution is -2.19. The van der Waals surface area contributed by atoms with E-state index in [0.717, 1.165) is 31.5 Å². The molecule has 3 nitrogen and oxygen atoms in total. The number of anilines is 1. The number of nitrogens with one attached hydrogen (secondary N) is 2. The molecule has 2 N–H and O–H groups in total. The maximum absolute atomic E-state index is 11.6. The normalized spacial score (nSPS) is 16.3. The van der Waals surface area contributed by atoms with Crippen LogP contribution in [0, 0.1) is 5.92 Å². The Bertz CT molecular complexity index is 395. The third kappa shape index (κ3) is 3.57. The quantitative estimate of drug-likeness (QED) is 0.810. The highest BCUT2D eigenvalue weighted by atomic mass is 16.2. The fourth-order valence-electron chi connectivity index (χ4n) is 1.92. The third-order valence-electron chi connectivity index (χ3n) is 3.33. The van der Waals surface area contributed by atoms with Crippen molar-refractivity contribution >= 4 is 11.6 Å². The SMILES string of the molecule is CCCNC(C)c1ccc(NC(=O)C2CC2)cc1. The first-order valence-electron chi connectivity index (χ1n) is 6.85. The summed E-state index contributed by atoms with van der Waals surface area (Å²) < 4.78 is 0. The van der Waals surface area contributed by atoms with Gasteiger partial charge in [0.25, 0.3) is 0 Å². The van der Waals surface area contributed by atoms with Gasteiger partial charge < -0.3 is 10.6 Å². The maximum Gasteiger partial charge on any atom is 0.227 e. The minimum Gasteiger partial charge on any atom is -0.326 e. The molecular formula is C15H22N2O. The largest absolute Gasteiger partial charge is 0.326 e. The van der Waals surface area contributed by atoms with E-state index >= 15 is 0 Å². The number of carbonyl (C=O) groups is 1. The molecule has 1 fully saturated rings. The van der Waals surface area contributed by atoms with E-state index in [1.54, 1.807) is 0 Å². The highest BCUT2D eigenvalue weighted by Gasteiger charge is 2.29. The van der Waals surface area contributed by atoms with Crippen LogP contribution in [0.1, 0.15) is 44.7 Å². The molecule has 0 heterocycles. The summed E-state index contributed by atoms with van der Waals surface area (Å²) in [5.74, 6) is 0.426. The monoisotopic (exact) mass is 246 g/mol. The molecule has 3 heteroatoms. The molecule has 1 saturated carbocycles. The van der Waals surface area contributed by atoms with E-state index in [2.05, 4.69) is 36.6 Å². The highest BCUT2D eigenvalue weighted by Crippen LogP contribution is 2.30. The minimum absolute atomic E-state index is 0.167. The molecule has 0 aliphatic heterocycles. The lowest BCUT2D eigenvalue weighted by molar-refractivity contribution is -0.117. The standard InChI is InChI=1S/C15H22N2O/c1-3-10-16-11(2)12-6-8-14(9-7-12)17-15(18)13-4-5-13/h6-9,11,13,16H,3-5,10H2,1-2H3,(H,17,18). The van der Waals surface area contributed by atoms with Crippen molar-refractivity contribution in [1.29, 1.82) is 0 Å². The zero-order valence-corrected chi connectivity index (χ0v) is 11.2. The van der Waals surface area contributed by atoms with Gasteiger partial charge in [-0.1, -0.05) is 19.1 Å². The van der Waals surface area contributed by atoms with E-state index in [9.17, 15) is 4.79 Å². The summed E-state index contributed by atoms with van der Waals surface area (Å²) in [4.78, 5) is 11.6. The minimum atomic E-state index is 0.167. The lowest BCUT2D eigenvalue weighted by atomic mass is 10.1. The first-order chi connectivity index (χ1) is 8.70. The van der Waals surface area contributed by atoms with Crippen LogP contribution in [0.5, 0.6) is 0 Å². The predicted molar refractivity (Wildman–Crippen MR) is 74.5 cm³/mol. The third-order valence-corrected chi connectivity index (χ3v) is 3.33. The molecular weight excluding hydrogens is 224 g/mol. The Morgan fingerprint density at radius 1 is 1.33 bits per heavy atom. The van der Waals surface area contributed by atoms with Gasteiger partial charge in [-0.2, -0.15) is 0 Å². The van der Waals surface area contributed by atoms with Crippen LogP contribution in [0.25, 0.3) is 0 Å². The second kappa shape index (κ2) is 6.01. The molecule has 1 amide bonds. The van der Waals surface area contributed by atoms with Crippen LogP contribution in [0.4, 0.5) is 5.69 Å². The lowest BCUT2D eigenvalue weighted by Gasteiger charge is -2.14. The van der Waals surface area contributed by atoms with Gasteiger partial charge in [-0.25, -0.2) is 0 Å². The summed E-state index contributed by atoms with van der Waals surface area (Å²) in [5.41, 5.74) is 2.16. The Morgan fingerprint density at radius 2 is 2.00 bits per heavy atom. The second-order valence-corrected chi connectivity index (χ2v) is 5.06. The second-order valence-electron chi connectivity index (χ2n) is 5.06. The molecule has 18 heavy (non-hydrogen) atoms. The van der Waals surface area contributed by atoms with Crippen LogP contribution in [-0.2, 0) is 4.79 Å². The van der Waals surface area contributed by atoms with Gasteiger partial charge in [-0.3, -0.25) is 4.79 Å². The number of benzene rings is 1. The number of rotatable bonds is 6. The van der Waals surface area contributed by atoms with E-state index < -0.39 is 0 Å². The molecule has 0 saturated heterocycles. The van der Waals surface area contributed by atoms with Crippen molar-refractivity contribution in [1.82, 2.24) is 5.32 Å². The van der Waals surface area contributed by atoms with Crippen LogP contribution < -0.4 is 10.6 Å². The molecule has 1 unspecified atom stereocenters. The molecule has 1 aromatic rings. The van der Waals surface area contributed by atoms with Crippen molar-refractivity contribution in [3.05, 3.63) is 29.8 Å². The molecule has 1 aliphatic carbocycles. The highest BCUT2D eigenvalue weighted by molar-refractivity contribution is 5.93. The summed E-state index contributed by atoms with van der Waals surface area (Å²) in [6, 6.07) is 8.49. The van der Waals surface area contributed by atoms with E-state index in [1.807, 2.05) is 12.1 Å².